The van der Waals surface area contributed by atoms with E-state index in [0.29, 0.717) is 0 Å². The van der Waals surface area contributed by atoms with E-state index in [1.54, 1.807) is 0 Å². The zero-order valence-electron chi connectivity index (χ0n) is 13.4. The molecular weight excluding hydrogens is 310 g/mol. The van der Waals surface area contributed by atoms with Gasteiger partial charge < -0.3 is 4.42 Å². The van der Waals surface area contributed by atoms with E-state index in [4.69, 9.17) is 4.42 Å². The van der Waals surface area contributed by atoms with Crippen molar-refractivity contribution in [2.75, 3.05) is 0 Å². The van der Waals surface area contributed by atoms with Crippen LogP contribution in [0.1, 0.15) is 5.56 Å². The van der Waals surface area contributed by atoms with Crippen LogP contribution in [0.15, 0.2) is 77.5 Å². The van der Waals surface area contributed by atoms with Crippen molar-refractivity contribution in [3.05, 3.63) is 78.6 Å². The van der Waals surface area contributed by atoms with E-state index in [2.05, 4.69) is 68.7 Å². The maximum absolute atomic E-state index is 6.35. The van der Waals surface area contributed by atoms with Crippen LogP contribution in [0.5, 0.6) is 0 Å². The Balaban J connectivity index is 1.79. The quantitative estimate of drug-likeness (QED) is 0.427. The van der Waals surface area contributed by atoms with Gasteiger partial charge in [-0.25, -0.2) is 0 Å². The minimum Gasteiger partial charge on any atom is -0.413 e. The van der Waals surface area contributed by atoms with Crippen LogP contribution in [0.3, 0.4) is 0 Å². The van der Waals surface area contributed by atoms with Crippen LogP contribution in [0.4, 0.5) is 0 Å². The highest BCUT2D eigenvalue weighted by atomic mass is 16.4. The van der Waals surface area contributed by atoms with Crippen LogP contribution in [0, 0.1) is 0 Å². The first kappa shape index (κ1) is 13.0. The third-order valence-electron chi connectivity index (χ3n) is 4.99. The van der Waals surface area contributed by atoms with Gasteiger partial charge in [-0.2, -0.15) is 9.13 Å². The molecule has 0 amide bonds. The number of para-hydroxylation sites is 2. The van der Waals surface area contributed by atoms with Gasteiger partial charge in [0, 0.05) is 18.0 Å². The van der Waals surface area contributed by atoms with Crippen LogP contribution < -0.4 is 4.57 Å². The summed E-state index contributed by atoms with van der Waals surface area (Å²) in [6.07, 6.45) is 3.74. The molecule has 6 rings (SSSR count). The summed E-state index contributed by atoms with van der Waals surface area (Å²) >= 11 is 0. The molecule has 1 aliphatic rings. The summed E-state index contributed by atoms with van der Waals surface area (Å²) in [5, 5.41) is 1.13. The predicted molar refractivity (Wildman–Crippen MR) is 95.6 cm³/mol. The number of fused-ring (bicyclic) bond motifs is 7. The number of hydrogen-bond donors (Lipinski definition) is 0. The number of pyridine rings is 1. The maximum Gasteiger partial charge on any atom is 0.334 e. The Morgan fingerprint density at radius 3 is 2.72 bits per heavy atom. The van der Waals surface area contributed by atoms with Crippen molar-refractivity contribution in [2.24, 2.45) is 0 Å². The molecule has 2 aromatic carbocycles. The molecule has 4 nitrogen and oxygen atoms in total. The van der Waals surface area contributed by atoms with Gasteiger partial charge in [0.2, 0.25) is 5.58 Å². The summed E-state index contributed by atoms with van der Waals surface area (Å²) in [4.78, 5) is 4.27. The lowest BCUT2D eigenvalue weighted by Gasteiger charge is -2.00. The number of hydrogen-bond acceptors (Lipinski definition) is 2. The second-order valence-electron chi connectivity index (χ2n) is 6.37. The fraction of sp³-hybridized carbons (Fsp3) is 0.0476. The SMILES string of the molecule is c1ccc(-n2c3ccccc3c3oc4[n+](c32)Cc2ccncc2-4)cc1. The number of benzene rings is 2. The summed E-state index contributed by atoms with van der Waals surface area (Å²) in [5.74, 6) is 0.892. The van der Waals surface area contributed by atoms with Gasteiger partial charge in [-0.3, -0.25) is 4.98 Å². The van der Waals surface area contributed by atoms with Crippen molar-refractivity contribution in [1.82, 2.24) is 9.55 Å². The highest BCUT2D eigenvalue weighted by Gasteiger charge is 2.35. The van der Waals surface area contributed by atoms with Crippen molar-refractivity contribution in [1.29, 1.82) is 0 Å². The third kappa shape index (κ3) is 1.61. The molecule has 1 aliphatic heterocycles. The lowest BCUT2D eigenvalue weighted by Crippen LogP contribution is -2.32. The monoisotopic (exact) mass is 324 g/mol. The number of rotatable bonds is 1. The van der Waals surface area contributed by atoms with Crippen molar-refractivity contribution in [2.45, 2.75) is 6.54 Å². The Labute approximate surface area is 143 Å². The average Bonchev–Trinajstić information content (AvgIpc) is 3.30. The highest BCUT2D eigenvalue weighted by Crippen LogP contribution is 2.36. The van der Waals surface area contributed by atoms with Crippen LogP contribution in [0.25, 0.3) is 39.3 Å². The van der Waals surface area contributed by atoms with Crippen molar-refractivity contribution in [3.8, 4) is 17.1 Å². The lowest BCUT2D eigenvalue weighted by molar-refractivity contribution is -0.651. The highest BCUT2D eigenvalue weighted by molar-refractivity contribution is 6.04. The topological polar surface area (TPSA) is 34.8 Å². The fourth-order valence-electron chi connectivity index (χ4n) is 3.90. The first-order valence-corrected chi connectivity index (χ1v) is 8.36. The van der Waals surface area contributed by atoms with E-state index in [1.165, 1.54) is 5.56 Å². The first-order chi connectivity index (χ1) is 12.4. The van der Waals surface area contributed by atoms with Crippen molar-refractivity contribution >= 4 is 22.1 Å². The van der Waals surface area contributed by atoms with Gasteiger partial charge in [-0.1, -0.05) is 30.3 Å². The Morgan fingerprint density at radius 1 is 0.960 bits per heavy atom. The normalized spacial score (nSPS) is 12.6. The minimum absolute atomic E-state index is 0.809. The summed E-state index contributed by atoms with van der Waals surface area (Å²) in [6.45, 7) is 0.809. The molecule has 0 aliphatic carbocycles. The summed E-state index contributed by atoms with van der Waals surface area (Å²) < 4.78 is 10.9. The van der Waals surface area contributed by atoms with Gasteiger partial charge in [0.15, 0.2) is 0 Å². The Hall–Kier alpha value is -3.40. The molecule has 0 saturated heterocycles. The van der Waals surface area contributed by atoms with Gasteiger partial charge in [-0.05, 0) is 30.3 Å². The molecule has 5 aromatic rings. The molecule has 4 heteroatoms. The van der Waals surface area contributed by atoms with E-state index in [0.717, 1.165) is 45.8 Å². The fourth-order valence-corrected chi connectivity index (χ4v) is 3.90. The predicted octanol–water partition coefficient (Wildman–Crippen LogP) is 4.09. The van der Waals surface area contributed by atoms with E-state index in [9.17, 15) is 0 Å². The number of aromatic nitrogens is 3. The second kappa shape index (κ2) is 4.57. The maximum atomic E-state index is 6.35. The molecule has 3 aromatic heterocycles. The van der Waals surface area contributed by atoms with Gasteiger partial charge in [-0.15, -0.1) is 0 Å². The van der Waals surface area contributed by atoms with Crippen molar-refractivity contribution in [3.63, 3.8) is 0 Å². The van der Waals surface area contributed by atoms with Gasteiger partial charge in [0.05, 0.1) is 10.9 Å². The van der Waals surface area contributed by atoms with Crippen LogP contribution in [0.2, 0.25) is 0 Å². The average molecular weight is 324 g/mol. The summed E-state index contributed by atoms with van der Waals surface area (Å²) in [6, 6.07) is 20.9. The molecule has 0 radical (unpaired) electrons. The molecule has 0 N–H and O–H groups in total. The van der Waals surface area contributed by atoms with Crippen LogP contribution in [-0.2, 0) is 6.54 Å². The standard InChI is InChI=1S/C21H14N3O/c1-2-6-15(7-3-1)24-18-9-5-4-8-16(18)19-20(24)23-13-14-10-11-22-12-17(14)21(23)25-19/h1-12H,13H2/q+1. The smallest absolute Gasteiger partial charge is 0.334 e. The van der Waals surface area contributed by atoms with Crippen LogP contribution in [-0.4, -0.2) is 9.55 Å². The van der Waals surface area contributed by atoms with E-state index in [1.807, 2.05) is 18.5 Å². The van der Waals surface area contributed by atoms with Crippen molar-refractivity contribution < 1.29 is 8.98 Å². The van der Waals surface area contributed by atoms with E-state index >= 15 is 0 Å². The molecule has 0 spiro atoms. The minimum atomic E-state index is 0.809. The van der Waals surface area contributed by atoms with Crippen LogP contribution >= 0.6 is 0 Å². The third-order valence-corrected chi connectivity index (χ3v) is 4.99. The number of oxazole rings is 1. The van der Waals surface area contributed by atoms with E-state index in [-0.39, 0.29) is 0 Å². The molecule has 0 atom stereocenters. The molecule has 118 valence electrons. The second-order valence-corrected chi connectivity index (χ2v) is 6.37. The molecular formula is C21H14N3O+. The zero-order chi connectivity index (χ0) is 16.4. The molecule has 0 unspecified atom stereocenters. The summed E-state index contributed by atoms with van der Waals surface area (Å²) in [7, 11) is 0. The molecule has 4 heterocycles. The Morgan fingerprint density at radius 2 is 1.80 bits per heavy atom. The number of nitrogens with zero attached hydrogens (tertiary/aromatic N) is 3. The van der Waals surface area contributed by atoms with E-state index < -0.39 is 0 Å². The zero-order valence-corrected chi connectivity index (χ0v) is 13.4. The first-order valence-electron chi connectivity index (χ1n) is 8.36. The molecule has 0 fully saturated rings. The van der Waals surface area contributed by atoms with Gasteiger partial charge >= 0.3 is 5.65 Å². The van der Waals surface area contributed by atoms with Gasteiger partial charge in [0.1, 0.15) is 17.7 Å². The Kier molecular flexibility index (Phi) is 2.37. The molecule has 25 heavy (non-hydrogen) atoms. The Bertz CT molecular complexity index is 1260. The van der Waals surface area contributed by atoms with Gasteiger partial charge in [0.25, 0.3) is 5.89 Å². The molecule has 0 bridgehead atoms. The lowest BCUT2D eigenvalue weighted by atomic mass is 10.2. The largest absolute Gasteiger partial charge is 0.413 e. The molecule has 0 saturated carbocycles. The summed E-state index contributed by atoms with van der Waals surface area (Å²) in [5.41, 5.74) is 6.66.